The van der Waals surface area contributed by atoms with E-state index in [1.165, 1.54) is 0 Å². The molecule has 0 fully saturated rings. The second kappa shape index (κ2) is 4.53. The number of aromatic hydroxyl groups is 1. The molecule has 0 saturated carbocycles. The lowest BCUT2D eigenvalue weighted by Crippen LogP contribution is -2.06. The number of aliphatic imine (C=N–C) groups is 1. The number of nitrogens with zero attached hydrogens (tertiary/aromatic N) is 2. The molecule has 3 nitrogen and oxygen atoms in total. The van der Waals surface area contributed by atoms with Crippen LogP contribution < -0.4 is 0 Å². The average molecular weight is 233 g/mol. The standard InChI is InChI=1S/C9H10Cl2N2O/c1-13(2)5-12-6-3-7(10)9(14)8(11)4-6/h3-5,14H,1-2H3/b12-5+. The first-order valence-corrected chi connectivity index (χ1v) is 4.65. The normalized spacial score (nSPS) is 10.9. The van der Waals surface area contributed by atoms with Crippen molar-refractivity contribution in [2.45, 2.75) is 0 Å². The van der Waals surface area contributed by atoms with Crippen LogP contribution in [0.2, 0.25) is 10.0 Å². The first-order chi connectivity index (χ1) is 6.50. The molecular weight excluding hydrogens is 223 g/mol. The van der Waals surface area contributed by atoms with Gasteiger partial charge in [-0.05, 0) is 12.1 Å². The zero-order valence-corrected chi connectivity index (χ0v) is 9.34. The Labute approximate surface area is 92.6 Å². The molecule has 0 unspecified atom stereocenters. The fourth-order valence-electron chi connectivity index (χ4n) is 0.809. The Morgan fingerprint density at radius 3 is 2.21 bits per heavy atom. The smallest absolute Gasteiger partial charge is 0.152 e. The number of hydrogen-bond donors (Lipinski definition) is 1. The van der Waals surface area contributed by atoms with Gasteiger partial charge in [-0.25, -0.2) is 4.99 Å². The minimum atomic E-state index is -0.114. The highest BCUT2D eigenvalue weighted by Crippen LogP contribution is 2.35. The van der Waals surface area contributed by atoms with Gasteiger partial charge >= 0.3 is 0 Å². The van der Waals surface area contributed by atoms with Gasteiger partial charge in [0.15, 0.2) is 5.75 Å². The van der Waals surface area contributed by atoms with Crippen molar-refractivity contribution in [1.82, 2.24) is 4.90 Å². The van der Waals surface area contributed by atoms with E-state index >= 15 is 0 Å². The van der Waals surface area contributed by atoms with Crippen molar-refractivity contribution >= 4 is 35.2 Å². The number of benzene rings is 1. The third kappa shape index (κ3) is 2.79. The molecule has 0 spiro atoms. The first-order valence-electron chi connectivity index (χ1n) is 3.89. The van der Waals surface area contributed by atoms with Crippen LogP contribution in [0.3, 0.4) is 0 Å². The summed E-state index contributed by atoms with van der Waals surface area (Å²) < 4.78 is 0. The Kier molecular flexibility index (Phi) is 3.61. The van der Waals surface area contributed by atoms with Gasteiger partial charge in [-0.3, -0.25) is 0 Å². The van der Waals surface area contributed by atoms with Gasteiger partial charge in [-0.2, -0.15) is 0 Å². The zero-order valence-electron chi connectivity index (χ0n) is 7.83. The van der Waals surface area contributed by atoms with Crippen LogP contribution in [0.5, 0.6) is 5.75 Å². The average Bonchev–Trinajstić information content (AvgIpc) is 2.10. The first kappa shape index (κ1) is 11.1. The molecule has 1 rings (SSSR count). The maximum Gasteiger partial charge on any atom is 0.152 e. The molecule has 5 heteroatoms. The van der Waals surface area contributed by atoms with Gasteiger partial charge in [0.2, 0.25) is 0 Å². The molecule has 0 bridgehead atoms. The molecule has 0 aliphatic carbocycles. The highest BCUT2D eigenvalue weighted by atomic mass is 35.5. The monoisotopic (exact) mass is 232 g/mol. The third-order valence-corrected chi connectivity index (χ3v) is 2.02. The molecule has 14 heavy (non-hydrogen) atoms. The van der Waals surface area contributed by atoms with E-state index in [0.29, 0.717) is 5.69 Å². The number of phenols is 1. The zero-order chi connectivity index (χ0) is 10.7. The Hall–Kier alpha value is -0.930. The van der Waals surface area contributed by atoms with Gasteiger partial charge in [-0.1, -0.05) is 23.2 Å². The number of rotatable bonds is 2. The lowest BCUT2D eigenvalue weighted by Gasteiger charge is -2.04. The largest absolute Gasteiger partial charge is 0.505 e. The maximum absolute atomic E-state index is 9.28. The highest BCUT2D eigenvalue weighted by Gasteiger charge is 2.05. The van der Waals surface area contributed by atoms with Crippen molar-refractivity contribution in [3.05, 3.63) is 22.2 Å². The van der Waals surface area contributed by atoms with E-state index in [1.54, 1.807) is 23.4 Å². The SMILES string of the molecule is CN(C)/C=N/c1cc(Cl)c(O)c(Cl)c1. The van der Waals surface area contributed by atoms with Gasteiger partial charge in [-0.15, -0.1) is 0 Å². The van der Waals surface area contributed by atoms with Crippen LogP contribution in [0.25, 0.3) is 0 Å². The van der Waals surface area contributed by atoms with Crippen LogP contribution in [0, 0.1) is 0 Å². The van der Waals surface area contributed by atoms with Crippen molar-refractivity contribution in [1.29, 1.82) is 0 Å². The fourth-order valence-corrected chi connectivity index (χ4v) is 1.28. The predicted octanol–water partition coefficient (Wildman–Crippen LogP) is 2.92. The lowest BCUT2D eigenvalue weighted by molar-refractivity contribution is 0.476. The van der Waals surface area contributed by atoms with Crippen molar-refractivity contribution in [3.8, 4) is 5.75 Å². The molecule has 0 aromatic heterocycles. The Morgan fingerprint density at radius 2 is 1.79 bits per heavy atom. The van der Waals surface area contributed by atoms with Crippen molar-refractivity contribution < 1.29 is 5.11 Å². The summed E-state index contributed by atoms with van der Waals surface area (Å²) in [6, 6.07) is 3.09. The maximum atomic E-state index is 9.28. The van der Waals surface area contributed by atoms with E-state index in [0.717, 1.165) is 0 Å². The van der Waals surface area contributed by atoms with Crippen LogP contribution in [0.1, 0.15) is 0 Å². The molecule has 0 amide bonds. The van der Waals surface area contributed by atoms with Crippen molar-refractivity contribution in [2.75, 3.05) is 14.1 Å². The van der Waals surface area contributed by atoms with Crippen LogP contribution in [-0.4, -0.2) is 30.4 Å². The minimum absolute atomic E-state index is 0.114. The van der Waals surface area contributed by atoms with Crippen LogP contribution in [0.15, 0.2) is 17.1 Å². The van der Waals surface area contributed by atoms with E-state index in [2.05, 4.69) is 4.99 Å². The van der Waals surface area contributed by atoms with Crippen molar-refractivity contribution in [2.24, 2.45) is 4.99 Å². The van der Waals surface area contributed by atoms with Crippen LogP contribution >= 0.6 is 23.2 Å². The van der Waals surface area contributed by atoms with E-state index in [-0.39, 0.29) is 15.8 Å². The highest BCUT2D eigenvalue weighted by molar-refractivity contribution is 6.37. The lowest BCUT2D eigenvalue weighted by atomic mass is 10.3. The molecule has 0 aliphatic rings. The van der Waals surface area contributed by atoms with Gasteiger partial charge in [0.1, 0.15) is 0 Å². The van der Waals surface area contributed by atoms with Gasteiger partial charge in [0, 0.05) is 14.1 Å². The van der Waals surface area contributed by atoms with E-state index in [1.807, 2.05) is 14.1 Å². The minimum Gasteiger partial charge on any atom is -0.505 e. The second-order valence-electron chi connectivity index (χ2n) is 2.97. The summed E-state index contributed by atoms with van der Waals surface area (Å²) in [4.78, 5) is 5.88. The molecule has 1 aromatic rings. The molecule has 0 heterocycles. The predicted molar refractivity (Wildman–Crippen MR) is 60.0 cm³/mol. The van der Waals surface area contributed by atoms with E-state index in [9.17, 15) is 5.11 Å². The Morgan fingerprint density at radius 1 is 1.29 bits per heavy atom. The summed E-state index contributed by atoms with van der Waals surface area (Å²) in [5, 5.41) is 9.68. The number of hydrogen-bond acceptors (Lipinski definition) is 2. The van der Waals surface area contributed by atoms with Gasteiger partial charge < -0.3 is 10.0 Å². The summed E-state index contributed by atoms with van der Waals surface area (Å²) in [6.07, 6.45) is 1.62. The van der Waals surface area contributed by atoms with Crippen LogP contribution in [-0.2, 0) is 0 Å². The van der Waals surface area contributed by atoms with Gasteiger partial charge in [0.05, 0.1) is 22.1 Å². The summed E-state index contributed by atoms with van der Waals surface area (Å²) in [5.74, 6) is -0.114. The molecule has 0 atom stereocenters. The number of halogens is 2. The molecule has 76 valence electrons. The number of phenolic OH excluding ortho intramolecular Hbond substituents is 1. The molecule has 1 N–H and O–H groups in total. The van der Waals surface area contributed by atoms with Crippen molar-refractivity contribution in [3.63, 3.8) is 0 Å². The topological polar surface area (TPSA) is 35.8 Å². The molecule has 0 radical (unpaired) electrons. The molecule has 0 aliphatic heterocycles. The van der Waals surface area contributed by atoms with Gasteiger partial charge in [0.25, 0.3) is 0 Å². The second-order valence-corrected chi connectivity index (χ2v) is 3.78. The van der Waals surface area contributed by atoms with Crippen LogP contribution in [0.4, 0.5) is 5.69 Å². The summed E-state index contributed by atoms with van der Waals surface area (Å²) in [7, 11) is 3.71. The van der Waals surface area contributed by atoms with E-state index < -0.39 is 0 Å². The molecule has 0 saturated heterocycles. The van der Waals surface area contributed by atoms with E-state index in [4.69, 9.17) is 23.2 Å². The summed E-state index contributed by atoms with van der Waals surface area (Å²) >= 11 is 11.4. The third-order valence-electron chi connectivity index (χ3n) is 1.44. The molecule has 1 aromatic carbocycles. The summed E-state index contributed by atoms with van der Waals surface area (Å²) in [6.45, 7) is 0. The Bertz CT molecular complexity index is 341. The fraction of sp³-hybridized carbons (Fsp3) is 0.222. The Balaban J connectivity index is 3.01. The summed E-state index contributed by atoms with van der Waals surface area (Å²) in [5.41, 5.74) is 0.603. The molecular formula is C9H10Cl2N2O. The quantitative estimate of drug-likeness (QED) is 0.629.